The number of anilines is 2. The number of amides is 3. The van der Waals surface area contributed by atoms with Crippen molar-refractivity contribution in [2.75, 3.05) is 30.3 Å². The first-order valence-electron chi connectivity index (χ1n) is 9.92. The summed E-state index contributed by atoms with van der Waals surface area (Å²) in [7, 11) is 0. The third-order valence-electron chi connectivity index (χ3n) is 5.04. The zero-order valence-electron chi connectivity index (χ0n) is 17.2. The number of likely N-dealkylation sites (N-methyl/N-ethyl adjacent to an activating group) is 1. The summed E-state index contributed by atoms with van der Waals surface area (Å²) in [6.45, 7) is 4.81. The van der Waals surface area contributed by atoms with E-state index in [0.717, 1.165) is 0 Å². The smallest absolute Gasteiger partial charge is 0.260 e. The van der Waals surface area contributed by atoms with Crippen LogP contribution in [0.25, 0.3) is 0 Å². The summed E-state index contributed by atoms with van der Waals surface area (Å²) in [6, 6.07) is 8.59. The highest BCUT2D eigenvalue weighted by Crippen LogP contribution is 2.34. The fourth-order valence-corrected chi connectivity index (χ4v) is 3.64. The lowest BCUT2D eigenvalue weighted by Crippen LogP contribution is -2.34. The van der Waals surface area contributed by atoms with Gasteiger partial charge in [0.2, 0.25) is 11.8 Å². The van der Waals surface area contributed by atoms with Crippen LogP contribution in [0.15, 0.2) is 36.4 Å². The Morgan fingerprint density at radius 2 is 1.97 bits per heavy atom. The molecule has 31 heavy (non-hydrogen) atoms. The molecule has 1 aliphatic rings. The second-order valence-corrected chi connectivity index (χ2v) is 7.43. The Morgan fingerprint density at radius 3 is 2.65 bits per heavy atom. The Morgan fingerprint density at radius 1 is 1.23 bits per heavy atom. The van der Waals surface area contributed by atoms with Gasteiger partial charge in [-0.2, -0.15) is 0 Å². The molecule has 1 unspecified atom stereocenters. The van der Waals surface area contributed by atoms with Gasteiger partial charge in [-0.25, -0.2) is 4.39 Å². The number of carbonyl (C=O) groups excluding carboxylic acids is 3. The van der Waals surface area contributed by atoms with Crippen LogP contribution in [0.3, 0.4) is 0 Å². The predicted molar refractivity (Wildman–Crippen MR) is 116 cm³/mol. The summed E-state index contributed by atoms with van der Waals surface area (Å²) in [5, 5.41) is 5.54. The summed E-state index contributed by atoms with van der Waals surface area (Å²) in [6.07, 6.45) is -0.0487. The van der Waals surface area contributed by atoms with Crippen molar-refractivity contribution in [3.8, 4) is 5.75 Å². The van der Waals surface area contributed by atoms with E-state index in [9.17, 15) is 18.8 Å². The van der Waals surface area contributed by atoms with E-state index in [1.807, 2.05) is 13.8 Å². The number of rotatable bonds is 7. The standard InChI is InChI=1S/C22H23ClFN3O4/c1-3-27(4-2)21(29)12-31-19-8-6-14(10-17(19)23)25-22(30)16-11-20(28)26-18-9-13(24)5-7-15(16)18/h5-10,16H,3-4,11-12H2,1-2H3,(H,25,30)(H,26,28). The first-order chi connectivity index (χ1) is 14.8. The molecule has 3 rings (SSSR count). The van der Waals surface area contributed by atoms with Gasteiger partial charge < -0.3 is 20.3 Å². The average molecular weight is 448 g/mol. The van der Waals surface area contributed by atoms with Gasteiger partial charge in [0.1, 0.15) is 11.6 Å². The van der Waals surface area contributed by atoms with E-state index in [1.165, 1.54) is 24.3 Å². The SMILES string of the molecule is CCN(CC)C(=O)COc1ccc(NC(=O)C2CC(=O)Nc3cc(F)ccc32)cc1Cl. The minimum Gasteiger partial charge on any atom is -0.482 e. The fourth-order valence-electron chi connectivity index (χ4n) is 3.40. The highest BCUT2D eigenvalue weighted by Gasteiger charge is 2.31. The lowest BCUT2D eigenvalue weighted by Gasteiger charge is -2.25. The summed E-state index contributed by atoms with van der Waals surface area (Å²) >= 11 is 6.24. The van der Waals surface area contributed by atoms with E-state index in [2.05, 4.69) is 10.6 Å². The van der Waals surface area contributed by atoms with Gasteiger partial charge in [0.25, 0.3) is 5.91 Å². The molecule has 3 amide bonds. The Balaban J connectivity index is 1.68. The van der Waals surface area contributed by atoms with E-state index in [1.54, 1.807) is 17.0 Å². The number of fused-ring (bicyclic) bond motifs is 1. The largest absolute Gasteiger partial charge is 0.482 e. The number of carbonyl (C=O) groups is 3. The second-order valence-electron chi connectivity index (χ2n) is 7.03. The molecule has 1 atom stereocenters. The van der Waals surface area contributed by atoms with E-state index < -0.39 is 17.6 Å². The van der Waals surface area contributed by atoms with E-state index >= 15 is 0 Å². The van der Waals surface area contributed by atoms with Gasteiger partial charge in [-0.05, 0) is 49.7 Å². The number of hydrogen-bond acceptors (Lipinski definition) is 4. The Labute approximate surface area is 184 Å². The van der Waals surface area contributed by atoms with Crippen molar-refractivity contribution in [1.82, 2.24) is 4.90 Å². The quantitative estimate of drug-likeness (QED) is 0.676. The maximum atomic E-state index is 13.5. The molecule has 1 heterocycles. The van der Waals surface area contributed by atoms with Crippen molar-refractivity contribution >= 4 is 40.7 Å². The minimum absolute atomic E-state index is 0.0487. The maximum absolute atomic E-state index is 13.5. The fraction of sp³-hybridized carbons (Fsp3) is 0.318. The first kappa shape index (κ1) is 22.6. The number of benzene rings is 2. The molecule has 0 aliphatic carbocycles. The average Bonchev–Trinajstić information content (AvgIpc) is 2.73. The Hall–Kier alpha value is -3.13. The van der Waals surface area contributed by atoms with E-state index in [-0.39, 0.29) is 35.6 Å². The molecule has 0 fully saturated rings. The number of ether oxygens (including phenoxy) is 1. The van der Waals surface area contributed by atoms with Crippen molar-refractivity contribution in [2.45, 2.75) is 26.2 Å². The first-order valence-corrected chi connectivity index (χ1v) is 10.3. The molecule has 0 bridgehead atoms. The van der Waals surface area contributed by atoms with Crippen molar-refractivity contribution < 1.29 is 23.5 Å². The number of nitrogens with zero attached hydrogens (tertiary/aromatic N) is 1. The summed E-state index contributed by atoms with van der Waals surface area (Å²) in [5.41, 5.74) is 1.24. The molecular weight excluding hydrogens is 425 g/mol. The normalized spacial score (nSPS) is 15.0. The van der Waals surface area contributed by atoms with Gasteiger partial charge in [0.15, 0.2) is 6.61 Å². The van der Waals surface area contributed by atoms with Gasteiger partial charge in [-0.15, -0.1) is 0 Å². The van der Waals surface area contributed by atoms with Crippen LogP contribution < -0.4 is 15.4 Å². The molecule has 164 valence electrons. The lowest BCUT2D eigenvalue weighted by molar-refractivity contribution is -0.133. The zero-order valence-corrected chi connectivity index (χ0v) is 18.0. The molecule has 0 saturated heterocycles. The molecule has 9 heteroatoms. The summed E-state index contributed by atoms with van der Waals surface area (Å²) in [5.74, 6) is -1.86. The number of halogens is 2. The van der Waals surface area contributed by atoms with Crippen LogP contribution in [-0.2, 0) is 14.4 Å². The molecular formula is C22H23ClFN3O4. The molecule has 1 aliphatic heterocycles. The summed E-state index contributed by atoms with van der Waals surface area (Å²) < 4.78 is 19.0. The van der Waals surface area contributed by atoms with Crippen molar-refractivity contribution in [3.05, 3.63) is 52.8 Å². The van der Waals surface area contributed by atoms with Gasteiger partial charge in [0.05, 0.1) is 10.9 Å². The van der Waals surface area contributed by atoms with Crippen LogP contribution in [0.2, 0.25) is 5.02 Å². The predicted octanol–water partition coefficient (Wildman–Crippen LogP) is 3.79. The van der Waals surface area contributed by atoms with E-state index in [4.69, 9.17) is 16.3 Å². The van der Waals surface area contributed by atoms with Crippen molar-refractivity contribution in [3.63, 3.8) is 0 Å². The second kappa shape index (κ2) is 9.78. The number of hydrogen-bond donors (Lipinski definition) is 2. The monoisotopic (exact) mass is 447 g/mol. The molecule has 2 N–H and O–H groups in total. The number of nitrogens with one attached hydrogen (secondary N) is 2. The highest BCUT2D eigenvalue weighted by molar-refractivity contribution is 6.32. The Kier molecular flexibility index (Phi) is 7.12. The molecule has 0 aromatic heterocycles. The molecule has 2 aromatic carbocycles. The molecule has 0 saturated carbocycles. The third-order valence-corrected chi connectivity index (χ3v) is 5.33. The van der Waals surface area contributed by atoms with Gasteiger partial charge >= 0.3 is 0 Å². The highest BCUT2D eigenvalue weighted by atomic mass is 35.5. The van der Waals surface area contributed by atoms with Crippen LogP contribution in [0.5, 0.6) is 5.75 Å². The minimum atomic E-state index is -0.759. The van der Waals surface area contributed by atoms with Crippen LogP contribution in [-0.4, -0.2) is 42.3 Å². The van der Waals surface area contributed by atoms with Gasteiger partial charge in [-0.1, -0.05) is 17.7 Å². The van der Waals surface area contributed by atoms with Crippen LogP contribution in [0.4, 0.5) is 15.8 Å². The Bertz CT molecular complexity index is 1010. The lowest BCUT2D eigenvalue weighted by atomic mass is 9.89. The molecule has 0 spiro atoms. The van der Waals surface area contributed by atoms with E-state index in [0.29, 0.717) is 30.1 Å². The van der Waals surface area contributed by atoms with Crippen LogP contribution in [0.1, 0.15) is 31.7 Å². The zero-order chi connectivity index (χ0) is 22.5. The van der Waals surface area contributed by atoms with Crippen molar-refractivity contribution in [2.24, 2.45) is 0 Å². The maximum Gasteiger partial charge on any atom is 0.260 e. The van der Waals surface area contributed by atoms with Crippen LogP contribution in [0, 0.1) is 5.82 Å². The van der Waals surface area contributed by atoms with Gasteiger partial charge in [-0.3, -0.25) is 14.4 Å². The summed E-state index contributed by atoms with van der Waals surface area (Å²) in [4.78, 5) is 38.5. The van der Waals surface area contributed by atoms with Crippen molar-refractivity contribution in [1.29, 1.82) is 0 Å². The molecule has 7 nitrogen and oxygen atoms in total. The van der Waals surface area contributed by atoms with Crippen LogP contribution >= 0.6 is 11.6 Å². The third kappa shape index (κ3) is 5.32. The molecule has 2 aromatic rings. The van der Waals surface area contributed by atoms with Gasteiger partial charge in [0, 0.05) is 30.9 Å². The molecule has 0 radical (unpaired) electrons. The topological polar surface area (TPSA) is 87.7 Å².